The third-order valence-corrected chi connectivity index (χ3v) is 5.29. The number of hydrazine groups is 1. The van der Waals surface area contributed by atoms with Gasteiger partial charge in [-0.3, -0.25) is 19.8 Å². The van der Waals surface area contributed by atoms with Crippen LogP contribution in [0, 0.1) is 0 Å². The van der Waals surface area contributed by atoms with E-state index in [1.165, 1.54) is 11.9 Å². The van der Waals surface area contributed by atoms with Crippen molar-refractivity contribution in [1.82, 2.24) is 10.4 Å². The topological polar surface area (TPSA) is 94.1 Å². The number of carbonyl (C=O) groups is 3. The number of anilines is 2. The van der Waals surface area contributed by atoms with E-state index in [0.717, 1.165) is 11.3 Å². The zero-order chi connectivity index (χ0) is 24.9. The number of nitrogens with zero attached hydrogens (tertiary/aromatic N) is 3. The summed E-state index contributed by atoms with van der Waals surface area (Å²) in [6.07, 6.45) is 1.69. The number of carbonyl (C=O) groups excluding carboxylic acids is 3. The summed E-state index contributed by atoms with van der Waals surface area (Å²) in [6, 6.07) is 23.3. The van der Waals surface area contributed by atoms with Crippen molar-refractivity contribution in [2.24, 2.45) is 4.99 Å². The summed E-state index contributed by atoms with van der Waals surface area (Å²) in [5, 5.41) is 3.82. The molecule has 1 heterocycles. The molecule has 3 aromatic rings. The molecule has 3 amide bonds. The van der Waals surface area contributed by atoms with Crippen molar-refractivity contribution in [2.75, 3.05) is 24.3 Å². The third kappa shape index (κ3) is 5.44. The minimum Gasteiger partial charge on any atom is -0.378 e. The van der Waals surface area contributed by atoms with Crippen LogP contribution in [0.5, 0.6) is 0 Å². The maximum atomic E-state index is 13.3. The molecule has 0 spiro atoms. The van der Waals surface area contributed by atoms with E-state index in [-0.39, 0.29) is 11.6 Å². The first-order chi connectivity index (χ1) is 16.8. The molecule has 1 aliphatic heterocycles. The van der Waals surface area contributed by atoms with Gasteiger partial charge in [-0.05, 0) is 48.0 Å². The number of hydrogen-bond acceptors (Lipinski definition) is 5. The molecule has 0 bridgehead atoms. The van der Waals surface area contributed by atoms with Gasteiger partial charge < -0.3 is 10.2 Å². The van der Waals surface area contributed by atoms with E-state index in [1.54, 1.807) is 30.3 Å². The molecule has 0 saturated carbocycles. The summed E-state index contributed by atoms with van der Waals surface area (Å²) in [7, 11) is 3.91. The van der Waals surface area contributed by atoms with Crippen LogP contribution in [0.1, 0.15) is 28.4 Å². The molecule has 0 saturated heterocycles. The lowest BCUT2D eigenvalue weighted by Gasteiger charge is -2.19. The molecule has 1 aliphatic rings. The summed E-state index contributed by atoms with van der Waals surface area (Å²) in [4.78, 5) is 44.0. The quantitative estimate of drug-likeness (QED) is 0.541. The fraction of sp³-hybridized carbons (Fsp3) is 0.111. The van der Waals surface area contributed by atoms with Crippen molar-refractivity contribution in [3.8, 4) is 0 Å². The van der Waals surface area contributed by atoms with Crippen LogP contribution in [-0.4, -0.2) is 42.7 Å². The van der Waals surface area contributed by atoms with Crippen LogP contribution >= 0.6 is 0 Å². The molecule has 0 atom stereocenters. The molecular weight excluding hydrogens is 442 g/mol. The highest BCUT2D eigenvalue weighted by Crippen LogP contribution is 2.22. The minimum atomic E-state index is -0.479. The van der Waals surface area contributed by atoms with Gasteiger partial charge in [0.25, 0.3) is 11.8 Å². The van der Waals surface area contributed by atoms with Crippen molar-refractivity contribution >= 4 is 41.0 Å². The summed E-state index contributed by atoms with van der Waals surface area (Å²) in [6.45, 7) is 1.41. The lowest BCUT2D eigenvalue weighted by Crippen LogP contribution is -2.47. The second-order valence-corrected chi connectivity index (χ2v) is 8.16. The Morgan fingerprint density at radius 1 is 0.914 bits per heavy atom. The smallest absolute Gasteiger partial charge is 0.297 e. The largest absolute Gasteiger partial charge is 0.378 e. The van der Waals surface area contributed by atoms with Gasteiger partial charge in [0.2, 0.25) is 5.91 Å². The first-order valence-electron chi connectivity index (χ1n) is 11.0. The van der Waals surface area contributed by atoms with Crippen LogP contribution in [0.15, 0.2) is 89.6 Å². The van der Waals surface area contributed by atoms with Crippen molar-refractivity contribution in [3.63, 3.8) is 0 Å². The first-order valence-corrected chi connectivity index (χ1v) is 11.0. The van der Waals surface area contributed by atoms with Gasteiger partial charge in [0.1, 0.15) is 5.70 Å². The Morgan fingerprint density at radius 3 is 2.17 bits per heavy atom. The Bertz CT molecular complexity index is 1310. The van der Waals surface area contributed by atoms with Crippen molar-refractivity contribution in [1.29, 1.82) is 0 Å². The molecule has 0 unspecified atom stereocenters. The predicted octanol–water partition coefficient (Wildman–Crippen LogP) is 3.69. The highest BCUT2D eigenvalue weighted by Gasteiger charge is 2.33. The summed E-state index contributed by atoms with van der Waals surface area (Å²) < 4.78 is 0. The van der Waals surface area contributed by atoms with Crippen LogP contribution in [0.25, 0.3) is 6.08 Å². The molecule has 8 heteroatoms. The van der Waals surface area contributed by atoms with E-state index in [1.807, 2.05) is 73.6 Å². The maximum absolute atomic E-state index is 13.3. The number of amidine groups is 1. The Hall–Kier alpha value is -4.72. The van der Waals surface area contributed by atoms with Gasteiger partial charge in [-0.25, -0.2) is 4.99 Å². The monoisotopic (exact) mass is 467 g/mol. The fourth-order valence-corrected chi connectivity index (χ4v) is 3.50. The number of hydrogen-bond donors (Lipinski definition) is 2. The zero-order valence-corrected chi connectivity index (χ0v) is 19.6. The van der Waals surface area contributed by atoms with Gasteiger partial charge in [0.05, 0.1) is 0 Å². The lowest BCUT2D eigenvalue weighted by atomic mass is 10.1. The Kier molecular flexibility index (Phi) is 6.73. The predicted molar refractivity (Wildman–Crippen MR) is 137 cm³/mol. The molecule has 0 fully saturated rings. The van der Waals surface area contributed by atoms with Gasteiger partial charge in [0.15, 0.2) is 5.84 Å². The number of benzene rings is 3. The molecule has 3 aromatic carbocycles. The molecule has 0 radical (unpaired) electrons. The Labute approximate surface area is 203 Å². The molecule has 2 N–H and O–H groups in total. The summed E-state index contributed by atoms with van der Waals surface area (Å²) >= 11 is 0. The average Bonchev–Trinajstić information content (AvgIpc) is 3.15. The Morgan fingerprint density at radius 2 is 1.57 bits per heavy atom. The second kappa shape index (κ2) is 10.0. The van der Waals surface area contributed by atoms with Crippen LogP contribution < -0.4 is 15.6 Å². The van der Waals surface area contributed by atoms with E-state index >= 15 is 0 Å². The number of amides is 3. The zero-order valence-electron chi connectivity index (χ0n) is 19.6. The van der Waals surface area contributed by atoms with E-state index in [0.29, 0.717) is 22.6 Å². The van der Waals surface area contributed by atoms with Gasteiger partial charge in [-0.1, -0.05) is 42.5 Å². The van der Waals surface area contributed by atoms with Gasteiger partial charge in [-0.15, -0.1) is 0 Å². The van der Waals surface area contributed by atoms with Crippen LogP contribution in [0.4, 0.5) is 11.4 Å². The van der Waals surface area contributed by atoms with Crippen molar-refractivity contribution in [2.45, 2.75) is 6.92 Å². The SMILES string of the molecule is CC(=O)Nc1ccc(C(=O)NN2C(=O)/C(=C/c3ccc(N(C)C)cc3)N=C2c2ccccc2)cc1. The third-order valence-electron chi connectivity index (χ3n) is 5.29. The molecule has 8 nitrogen and oxygen atoms in total. The van der Waals surface area contributed by atoms with Crippen molar-refractivity contribution in [3.05, 3.63) is 101 Å². The average molecular weight is 468 g/mol. The van der Waals surface area contributed by atoms with Crippen LogP contribution in [-0.2, 0) is 9.59 Å². The molecule has 35 heavy (non-hydrogen) atoms. The van der Waals surface area contributed by atoms with Gasteiger partial charge in [0, 0.05) is 43.5 Å². The second-order valence-electron chi connectivity index (χ2n) is 8.16. The lowest BCUT2D eigenvalue weighted by molar-refractivity contribution is -0.124. The highest BCUT2D eigenvalue weighted by atomic mass is 16.2. The molecule has 4 rings (SSSR count). The highest BCUT2D eigenvalue weighted by molar-refractivity contribution is 6.20. The van der Waals surface area contributed by atoms with Crippen LogP contribution in [0.3, 0.4) is 0 Å². The molecule has 0 aliphatic carbocycles. The number of nitrogens with one attached hydrogen (secondary N) is 2. The summed E-state index contributed by atoms with van der Waals surface area (Å²) in [5.41, 5.74) is 6.33. The number of aliphatic imine (C=N–C) groups is 1. The standard InChI is InChI=1S/C27H25N5O3/c1-18(33)28-22-13-11-21(12-14-22)26(34)30-32-25(20-7-5-4-6-8-20)29-24(27(32)35)17-19-9-15-23(16-10-19)31(2)3/h4-17H,1-3H3,(H,28,33)(H,30,34)/b24-17-. The van der Waals surface area contributed by atoms with Gasteiger partial charge in [-0.2, -0.15) is 5.01 Å². The van der Waals surface area contributed by atoms with Crippen LogP contribution in [0.2, 0.25) is 0 Å². The summed E-state index contributed by atoms with van der Waals surface area (Å²) in [5.74, 6) is -0.795. The molecule has 0 aromatic heterocycles. The van der Waals surface area contributed by atoms with E-state index in [2.05, 4.69) is 15.7 Å². The normalized spacial score (nSPS) is 14.0. The van der Waals surface area contributed by atoms with Crippen molar-refractivity contribution < 1.29 is 14.4 Å². The minimum absolute atomic E-state index is 0.204. The van der Waals surface area contributed by atoms with E-state index < -0.39 is 11.8 Å². The maximum Gasteiger partial charge on any atom is 0.297 e. The Balaban J connectivity index is 1.61. The van der Waals surface area contributed by atoms with E-state index in [9.17, 15) is 14.4 Å². The van der Waals surface area contributed by atoms with Gasteiger partial charge >= 0.3 is 0 Å². The van der Waals surface area contributed by atoms with E-state index in [4.69, 9.17) is 0 Å². The fourth-order valence-electron chi connectivity index (χ4n) is 3.50. The number of rotatable bonds is 6. The first kappa shape index (κ1) is 23.4. The molecule has 176 valence electrons. The molecular formula is C27H25N5O3.